The van der Waals surface area contributed by atoms with Gasteiger partial charge in [0.15, 0.2) is 0 Å². The standard InChI is InChI=1S/C7H12O3/c1-4-5(2)10-7(9)6(3)8/h4-6,8H,1H2,2-3H3. The molecule has 2 unspecified atom stereocenters. The minimum atomic E-state index is -1.05. The van der Waals surface area contributed by atoms with Crippen molar-refractivity contribution < 1.29 is 14.6 Å². The first-order chi connectivity index (χ1) is 4.57. The van der Waals surface area contributed by atoms with Gasteiger partial charge < -0.3 is 9.84 Å². The number of carbonyl (C=O) groups is 1. The van der Waals surface area contributed by atoms with E-state index < -0.39 is 12.1 Å². The molecule has 0 aromatic rings. The van der Waals surface area contributed by atoms with Crippen LogP contribution < -0.4 is 0 Å². The molecule has 10 heavy (non-hydrogen) atoms. The van der Waals surface area contributed by atoms with Crippen molar-refractivity contribution in [3.8, 4) is 0 Å². The van der Waals surface area contributed by atoms with E-state index in [0.717, 1.165) is 0 Å². The summed E-state index contributed by atoms with van der Waals surface area (Å²) in [7, 11) is 0. The molecule has 0 aromatic carbocycles. The molecule has 58 valence electrons. The van der Waals surface area contributed by atoms with Crippen LogP contribution in [0.2, 0.25) is 0 Å². The summed E-state index contributed by atoms with van der Waals surface area (Å²) >= 11 is 0. The van der Waals surface area contributed by atoms with Gasteiger partial charge >= 0.3 is 5.97 Å². The molecule has 3 heteroatoms. The fraction of sp³-hybridized carbons (Fsp3) is 0.571. The van der Waals surface area contributed by atoms with E-state index in [1.54, 1.807) is 6.92 Å². The monoisotopic (exact) mass is 144 g/mol. The van der Waals surface area contributed by atoms with Gasteiger partial charge in [-0.25, -0.2) is 4.79 Å². The first kappa shape index (κ1) is 9.17. The minimum absolute atomic E-state index is 0.331. The van der Waals surface area contributed by atoms with E-state index in [9.17, 15) is 4.79 Å². The van der Waals surface area contributed by atoms with Gasteiger partial charge in [-0.05, 0) is 13.8 Å². The van der Waals surface area contributed by atoms with E-state index in [4.69, 9.17) is 5.11 Å². The van der Waals surface area contributed by atoms with E-state index in [0.29, 0.717) is 0 Å². The van der Waals surface area contributed by atoms with Gasteiger partial charge in [0, 0.05) is 0 Å². The summed E-state index contributed by atoms with van der Waals surface area (Å²) in [6.45, 7) is 6.45. The summed E-state index contributed by atoms with van der Waals surface area (Å²) in [6, 6.07) is 0. The molecule has 0 saturated heterocycles. The average Bonchev–Trinajstić information content (AvgIpc) is 1.87. The lowest BCUT2D eigenvalue weighted by Crippen LogP contribution is -2.22. The number of ether oxygens (including phenoxy) is 1. The summed E-state index contributed by atoms with van der Waals surface area (Å²) in [5.41, 5.74) is 0. The normalized spacial score (nSPS) is 15.5. The van der Waals surface area contributed by atoms with Crippen LogP contribution in [0.3, 0.4) is 0 Å². The highest BCUT2D eigenvalue weighted by molar-refractivity contribution is 5.74. The topological polar surface area (TPSA) is 46.5 Å². The molecular formula is C7H12O3. The molecule has 0 saturated carbocycles. The molecule has 3 nitrogen and oxygen atoms in total. The van der Waals surface area contributed by atoms with E-state index in [2.05, 4.69) is 11.3 Å². The zero-order valence-corrected chi connectivity index (χ0v) is 6.20. The van der Waals surface area contributed by atoms with Crippen LogP contribution in [0.25, 0.3) is 0 Å². The fourth-order valence-corrected chi connectivity index (χ4v) is 0.330. The number of aliphatic hydroxyl groups excluding tert-OH is 1. The van der Waals surface area contributed by atoms with E-state index in [-0.39, 0.29) is 6.10 Å². The van der Waals surface area contributed by atoms with Gasteiger partial charge in [0.1, 0.15) is 12.2 Å². The highest BCUT2D eigenvalue weighted by Crippen LogP contribution is 1.94. The second-order valence-electron chi connectivity index (χ2n) is 2.05. The zero-order chi connectivity index (χ0) is 8.15. The smallest absolute Gasteiger partial charge is 0.335 e. The van der Waals surface area contributed by atoms with Gasteiger partial charge in [-0.15, -0.1) is 0 Å². The van der Waals surface area contributed by atoms with Gasteiger partial charge in [0.25, 0.3) is 0 Å². The lowest BCUT2D eigenvalue weighted by Gasteiger charge is -2.09. The van der Waals surface area contributed by atoms with Gasteiger partial charge in [0.05, 0.1) is 0 Å². The van der Waals surface area contributed by atoms with E-state index >= 15 is 0 Å². The van der Waals surface area contributed by atoms with Crippen molar-refractivity contribution in [3.63, 3.8) is 0 Å². The van der Waals surface area contributed by atoms with Gasteiger partial charge in [-0.1, -0.05) is 12.7 Å². The Balaban J connectivity index is 3.68. The number of hydrogen-bond donors (Lipinski definition) is 1. The molecule has 1 N–H and O–H groups in total. The van der Waals surface area contributed by atoms with E-state index in [1.807, 2.05) is 0 Å². The van der Waals surface area contributed by atoms with Crippen molar-refractivity contribution in [3.05, 3.63) is 12.7 Å². The lowest BCUT2D eigenvalue weighted by atomic mass is 10.4. The SMILES string of the molecule is C=CC(C)OC(=O)C(C)O. The zero-order valence-electron chi connectivity index (χ0n) is 6.20. The Morgan fingerprint density at radius 2 is 2.20 bits per heavy atom. The highest BCUT2D eigenvalue weighted by Gasteiger charge is 2.11. The van der Waals surface area contributed by atoms with Crippen molar-refractivity contribution in [1.82, 2.24) is 0 Å². The molecule has 0 rings (SSSR count). The number of aliphatic hydroxyl groups is 1. The van der Waals surface area contributed by atoms with Crippen LogP contribution in [0.4, 0.5) is 0 Å². The minimum Gasteiger partial charge on any atom is -0.457 e. The predicted octanol–water partition coefficient (Wildman–Crippen LogP) is 0.485. The third-order valence-corrected chi connectivity index (χ3v) is 0.975. The summed E-state index contributed by atoms with van der Waals surface area (Å²) in [5, 5.41) is 8.66. The Morgan fingerprint density at radius 1 is 1.70 bits per heavy atom. The predicted molar refractivity (Wildman–Crippen MR) is 37.4 cm³/mol. The van der Waals surface area contributed by atoms with E-state index in [1.165, 1.54) is 13.0 Å². The number of hydrogen-bond acceptors (Lipinski definition) is 3. The van der Waals surface area contributed by atoms with Crippen molar-refractivity contribution in [2.75, 3.05) is 0 Å². The van der Waals surface area contributed by atoms with Crippen LogP contribution in [0.1, 0.15) is 13.8 Å². The van der Waals surface area contributed by atoms with Crippen LogP contribution in [0, 0.1) is 0 Å². The number of esters is 1. The molecule has 0 fully saturated rings. The van der Waals surface area contributed by atoms with Crippen LogP contribution in [-0.4, -0.2) is 23.3 Å². The molecule has 2 atom stereocenters. The number of rotatable bonds is 3. The highest BCUT2D eigenvalue weighted by atomic mass is 16.6. The van der Waals surface area contributed by atoms with Gasteiger partial charge in [-0.3, -0.25) is 0 Å². The Labute approximate surface area is 60.3 Å². The second kappa shape index (κ2) is 4.06. The number of carbonyl (C=O) groups excluding carboxylic acids is 1. The van der Waals surface area contributed by atoms with Crippen molar-refractivity contribution in [1.29, 1.82) is 0 Å². The first-order valence-electron chi connectivity index (χ1n) is 3.09. The lowest BCUT2D eigenvalue weighted by molar-refractivity contribution is -0.155. The average molecular weight is 144 g/mol. The van der Waals surface area contributed by atoms with Gasteiger partial charge in [0.2, 0.25) is 0 Å². The molecular weight excluding hydrogens is 132 g/mol. The maximum atomic E-state index is 10.6. The molecule has 0 radical (unpaired) electrons. The molecule has 0 aliphatic heterocycles. The van der Waals surface area contributed by atoms with Gasteiger partial charge in [-0.2, -0.15) is 0 Å². The largest absolute Gasteiger partial charge is 0.457 e. The maximum Gasteiger partial charge on any atom is 0.335 e. The molecule has 0 aromatic heterocycles. The van der Waals surface area contributed by atoms with Crippen molar-refractivity contribution >= 4 is 5.97 Å². The summed E-state index contributed by atoms with van der Waals surface area (Å²) in [5.74, 6) is -0.618. The van der Waals surface area contributed by atoms with Crippen LogP contribution in [-0.2, 0) is 9.53 Å². The maximum absolute atomic E-state index is 10.6. The molecule has 0 aliphatic rings. The molecule has 0 spiro atoms. The summed E-state index contributed by atoms with van der Waals surface area (Å²) < 4.78 is 4.65. The third-order valence-electron chi connectivity index (χ3n) is 0.975. The Bertz CT molecular complexity index is 129. The Kier molecular flexibility index (Phi) is 3.72. The third kappa shape index (κ3) is 3.25. The molecule has 0 bridgehead atoms. The van der Waals surface area contributed by atoms with Crippen molar-refractivity contribution in [2.45, 2.75) is 26.1 Å². The molecule has 0 amide bonds. The summed E-state index contributed by atoms with van der Waals surface area (Å²) in [4.78, 5) is 10.6. The van der Waals surface area contributed by atoms with Crippen LogP contribution >= 0.6 is 0 Å². The second-order valence-corrected chi connectivity index (χ2v) is 2.05. The molecule has 0 aliphatic carbocycles. The Hall–Kier alpha value is -0.830. The van der Waals surface area contributed by atoms with Crippen LogP contribution in [0.15, 0.2) is 12.7 Å². The van der Waals surface area contributed by atoms with Crippen LogP contribution in [0.5, 0.6) is 0 Å². The molecule has 0 heterocycles. The Morgan fingerprint density at radius 3 is 2.50 bits per heavy atom. The van der Waals surface area contributed by atoms with Crippen molar-refractivity contribution in [2.24, 2.45) is 0 Å². The summed E-state index contributed by atoms with van der Waals surface area (Å²) in [6.07, 6.45) is 0.102. The fourth-order valence-electron chi connectivity index (χ4n) is 0.330. The quantitative estimate of drug-likeness (QED) is 0.463. The first-order valence-corrected chi connectivity index (χ1v) is 3.09.